The highest BCUT2D eigenvalue weighted by Gasteiger charge is 2.16. The van der Waals surface area contributed by atoms with E-state index in [-0.39, 0.29) is 0 Å². The molecule has 0 unspecified atom stereocenters. The number of aldehydes is 1. The zero-order valence-electron chi connectivity index (χ0n) is 14.8. The van der Waals surface area contributed by atoms with Gasteiger partial charge in [-0.25, -0.2) is 4.98 Å². The van der Waals surface area contributed by atoms with Crippen molar-refractivity contribution in [1.82, 2.24) is 4.98 Å². The minimum Gasteiger partial charge on any atom is -0.496 e. The topological polar surface area (TPSA) is 80.5 Å². The Balaban J connectivity index is 1.91. The molecule has 0 bridgehead atoms. The first-order chi connectivity index (χ1) is 12.5. The molecule has 0 saturated carbocycles. The number of nitrogens with zero attached hydrogens (tertiary/aromatic N) is 2. The van der Waals surface area contributed by atoms with Crippen LogP contribution in [-0.4, -0.2) is 32.5 Å². The molecule has 1 aromatic heterocycles. The molecule has 7 heteroatoms. The molecular formula is C19H20N4O2S. The van der Waals surface area contributed by atoms with Gasteiger partial charge in [-0.3, -0.25) is 4.79 Å². The molecule has 3 N–H and O–H groups in total. The summed E-state index contributed by atoms with van der Waals surface area (Å²) in [5, 5.41) is 3.94. The first-order valence-electron chi connectivity index (χ1n) is 7.96. The fourth-order valence-electron chi connectivity index (χ4n) is 2.52. The van der Waals surface area contributed by atoms with Crippen LogP contribution in [0, 0.1) is 0 Å². The van der Waals surface area contributed by atoms with E-state index in [1.54, 1.807) is 25.3 Å². The number of methoxy groups -OCH3 is 1. The van der Waals surface area contributed by atoms with Crippen LogP contribution in [0.1, 0.15) is 10.4 Å². The summed E-state index contributed by atoms with van der Waals surface area (Å²) in [6.45, 7) is 0. The molecule has 0 atom stereocenters. The maximum absolute atomic E-state index is 11.1. The molecule has 0 aliphatic heterocycles. The summed E-state index contributed by atoms with van der Waals surface area (Å²) in [4.78, 5) is 18.3. The van der Waals surface area contributed by atoms with Gasteiger partial charge in [0.1, 0.15) is 17.9 Å². The molecule has 134 valence electrons. The number of thiazole rings is 1. The summed E-state index contributed by atoms with van der Waals surface area (Å²) < 4.78 is 5.40. The minimum absolute atomic E-state index is 0.392. The summed E-state index contributed by atoms with van der Waals surface area (Å²) in [5.74, 6) is 1.04. The second-order valence-electron chi connectivity index (χ2n) is 5.88. The van der Waals surface area contributed by atoms with Gasteiger partial charge in [0, 0.05) is 36.6 Å². The maximum Gasteiger partial charge on any atom is 0.189 e. The Bertz CT molecular complexity index is 920. The third-order valence-corrected chi connectivity index (χ3v) is 4.91. The van der Waals surface area contributed by atoms with Crippen molar-refractivity contribution in [2.45, 2.75) is 0 Å². The Hall–Kier alpha value is -3.06. The second kappa shape index (κ2) is 7.45. The van der Waals surface area contributed by atoms with Crippen molar-refractivity contribution >= 4 is 39.9 Å². The number of nitrogens with one attached hydrogen (secondary N) is 1. The average molecular weight is 368 g/mol. The number of rotatable bonds is 6. The van der Waals surface area contributed by atoms with Gasteiger partial charge >= 0.3 is 0 Å². The summed E-state index contributed by atoms with van der Waals surface area (Å²) in [6.07, 6.45) is 0.797. The molecule has 0 saturated heterocycles. The molecule has 26 heavy (non-hydrogen) atoms. The van der Waals surface area contributed by atoms with Crippen molar-refractivity contribution in [3.8, 4) is 16.2 Å². The molecule has 3 aromatic rings. The van der Waals surface area contributed by atoms with Crippen LogP contribution in [0.3, 0.4) is 0 Å². The number of hydrogen-bond acceptors (Lipinski definition) is 7. The molecule has 0 aliphatic rings. The number of carbonyl (C=O) groups is 1. The van der Waals surface area contributed by atoms with Gasteiger partial charge in [0.2, 0.25) is 0 Å². The van der Waals surface area contributed by atoms with Gasteiger partial charge in [-0.05, 0) is 42.5 Å². The van der Waals surface area contributed by atoms with Crippen LogP contribution in [0.25, 0.3) is 10.4 Å². The number of aromatic nitrogens is 1. The van der Waals surface area contributed by atoms with Crippen LogP contribution < -0.4 is 20.7 Å². The third-order valence-electron chi connectivity index (χ3n) is 3.89. The Morgan fingerprint density at radius 2 is 1.92 bits per heavy atom. The van der Waals surface area contributed by atoms with E-state index >= 15 is 0 Å². The number of ether oxygens (including phenoxy) is 1. The second-order valence-corrected chi connectivity index (χ2v) is 6.88. The number of hydrogen-bond donors (Lipinski definition) is 2. The molecule has 0 amide bonds. The first kappa shape index (κ1) is 17.8. The van der Waals surface area contributed by atoms with E-state index in [2.05, 4.69) is 10.3 Å². The molecule has 0 spiro atoms. The first-order valence-corrected chi connectivity index (χ1v) is 8.77. The van der Waals surface area contributed by atoms with Gasteiger partial charge < -0.3 is 20.7 Å². The van der Waals surface area contributed by atoms with Gasteiger partial charge in [-0.15, -0.1) is 0 Å². The monoisotopic (exact) mass is 368 g/mol. The number of benzene rings is 2. The molecule has 1 heterocycles. The van der Waals surface area contributed by atoms with Gasteiger partial charge in [0.25, 0.3) is 0 Å². The van der Waals surface area contributed by atoms with Crippen molar-refractivity contribution in [2.75, 3.05) is 37.2 Å². The largest absolute Gasteiger partial charge is 0.496 e. The standard InChI is InChI=1S/C19H20N4O2S/c1-23(2)14-7-5-13(6-8-14)21-19-22-18(20)17(26-19)15-10-12(11-24)4-9-16(15)25-3/h4-11H,20H2,1-3H3,(H,21,22). The fourth-order valence-corrected chi connectivity index (χ4v) is 3.45. The molecule has 0 fully saturated rings. The van der Waals surface area contributed by atoms with Crippen LogP contribution in [0.5, 0.6) is 5.75 Å². The zero-order valence-corrected chi connectivity index (χ0v) is 15.6. The van der Waals surface area contributed by atoms with Crippen LogP contribution in [0.2, 0.25) is 0 Å². The van der Waals surface area contributed by atoms with Crippen molar-refractivity contribution < 1.29 is 9.53 Å². The van der Waals surface area contributed by atoms with Crippen LogP contribution >= 0.6 is 11.3 Å². The van der Waals surface area contributed by atoms with Gasteiger partial charge in [0.15, 0.2) is 5.13 Å². The predicted octanol–water partition coefficient (Wildman–Crippen LogP) is 4.02. The van der Waals surface area contributed by atoms with Crippen LogP contribution in [0.15, 0.2) is 42.5 Å². The van der Waals surface area contributed by atoms with Crippen molar-refractivity contribution in [3.63, 3.8) is 0 Å². The lowest BCUT2D eigenvalue weighted by Gasteiger charge is -2.12. The van der Waals surface area contributed by atoms with Crippen LogP contribution in [-0.2, 0) is 0 Å². The van der Waals surface area contributed by atoms with E-state index < -0.39 is 0 Å². The summed E-state index contributed by atoms with van der Waals surface area (Å²) in [7, 11) is 5.58. The minimum atomic E-state index is 0.392. The highest BCUT2D eigenvalue weighted by Crippen LogP contribution is 2.41. The Labute approximate surface area is 156 Å². The molecule has 3 rings (SSSR count). The van der Waals surface area contributed by atoms with Crippen molar-refractivity contribution in [2.24, 2.45) is 0 Å². The Kier molecular flexibility index (Phi) is 5.09. The van der Waals surface area contributed by atoms with E-state index in [9.17, 15) is 4.79 Å². The summed E-state index contributed by atoms with van der Waals surface area (Å²) in [5.41, 5.74) is 9.46. The summed E-state index contributed by atoms with van der Waals surface area (Å²) in [6, 6.07) is 13.2. The zero-order chi connectivity index (χ0) is 18.7. The molecule has 0 aliphatic carbocycles. The van der Waals surface area contributed by atoms with E-state index in [4.69, 9.17) is 10.5 Å². The van der Waals surface area contributed by atoms with E-state index in [1.807, 2.05) is 43.3 Å². The Morgan fingerprint density at radius 3 is 2.54 bits per heavy atom. The van der Waals surface area contributed by atoms with Crippen LogP contribution in [0.4, 0.5) is 22.3 Å². The number of carbonyl (C=O) groups excluding carboxylic acids is 1. The number of nitrogen functional groups attached to an aromatic ring is 1. The maximum atomic E-state index is 11.1. The lowest BCUT2D eigenvalue weighted by Crippen LogP contribution is -2.08. The highest BCUT2D eigenvalue weighted by atomic mass is 32.1. The summed E-state index contributed by atoms with van der Waals surface area (Å²) >= 11 is 1.41. The molecule has 6 nitrogen and oxygen atoms in total. The predicted molar refractivity (Wildman–Crippen MR) is 108 cm³/mol. The third kappa shape index (κ3) is 3.62. The normalized spacial score (nSPS) is 10.4. The lowest BCUT2D eigenvalue weighted by molar-refractivity contribution is 0.112. The highest BCUT2D eigenvalue weighted by molar-refractivity contribution is 7.19. The van der Waals surface area contributed by atoms with Gasteiger partial charge in [-0.1, -0.05) is 11.3 Å². The lowest BCUT2D eigenvalue weighted by atomic mass is 10.1. The van der Waals surface area contributed by atoms with E-state index in [0.717, 1.165) is 28.1 Å². The van der Waals surface area contributed by atoms with Gasteiger partial charge in [0.05, 0.1) is 12.0 Å². The van der Waals surface area contributed by atoms with E-state index in [0.29, 0.717) is 22.3 Å². The Morgan fingerprint density at radius 1 is 1.19 bits per heavy atom. The number of anilines is 4. The average Bonchev–Trinajstić information content (AvgIpc) is 3.01. The van der Waals surface area contributed by atoms with Crippen molar-refractivity contribution in [3.05, 3.63) is 48.0 Å². The quantitative estimate of drug-likeness (QED) is 0.640. The van der Waals surface area contributed by atoms with E-state index in [1.165, 1.54) is 11.3 Å². The fraction of sp³-hybridized carbons (Fsp3) is 0.158. The smallest absolute Gasteiger partial charge is 0.189 e. The van der Waals surface area contributed by atoms with Crippen molar-refractivity contribution in [1.29, 1.82) is 0 Å². The van der Waals surface area contributed by atoms with Gasteiger partial charge in [-0.2, -0.15) is 0 Å². The molecule has 2 aromatic carbocycles. The molecular weight excluding hydrogens is 348 g/mol. The SMILES string of the molecule is COc1ccc(C=O)cc1-c1sc(Nc2ccc(N(C)C)cc2)nc1N. The molecule has 0 radical (unpaired) electrons. The number of nitrogens with two attached hydrogens (primary N) is 1.